The van der Waals surface area contributed by atoms with Gasteiger partial charge in [0.25, 0.3) is 0 Å². The van der Waals surface area contributed by atoms with E-state index in [-0.39, 0.29) is 23.7 Å². The molecule has 0 atom stereocenters. The molecule has 0 saturated carbocycles. The Morgan fingerprint density at radius 1 is 1.10 bits per heavy atom. The van der Waals surface area contributed by atoms with E-state index in [2.05, 4.69) is 20.6 Å². The van der Waals surface area contributed by atoms with Crippen LogP contribution in [0.2, 0.25) is 0 Å². The van der Waals surface area contributed by atoms with Crippen LogP contribution >= 0.6 is 0 Å². The number of fused-ring (bicyclic) bond motifs is 1. The van der Waals surface area contributed by atoms with Gasteiger partial charge in [-0.2, -0.15) is 0 Å². The highest BCUT2D eigenvalue weighted by Crippen LogP contribution is 2.29. The van der Waals surface area contributed by atoms with Crippen LogP contribution in [0.5, 0.6) is 5.75 Å². The number of nitrogens with zero attached hydrogens (tertiary/aromatic N) is 3. The monoisotopic (exact) mass is 415 g/mol. The van der Waals surface area contributed by atoms with Gasteiger partial charge >= 0.3 is 0 Å². The largest absolute Gasteiger partial charge is 0.508 e. The zero-order chi connectivity index (χ0) is 22.0. The van der Waals surface area contributed by atoms with E-state index in [9.17, 15) is 9.90 Å². The Kier molecular flexibility index (Phi) is 5.33. The van der Waals surface area contributed by atoms with E-state index in [1.54, 1.807) is 24.4 Å². The quantitative estimate of drug-likeness (QED) is 0.447. The second-order valence-corrected chi connectivity index (χ2v) is 8.42. The van der Waals surface area contributed by atoms with Crippen LogP contribution in [-0.4, -0.2) is 31.1 Å². The fourth-order valence-corrected chi connectivity index (χ4v) is 3.48. The molecular weight excluding hydrogens is 390 g/mol. The topological polar surface area (TPSA) is 92.1 Å². The molecule has 4 rings (SSSR count). The van der Waals surface area contributed by atoms with Crippen molar-refractivity contribution >= 4 is 28.4 Å². The molecule has 7 heteroatoms. The minimum absolute atomic E-state index is 0.0324. The molecule has 0 saturated heterocycles. The van der Waals surface area contributed by atoms with Gasteiger partial charge in [-0.3, -0.25) is 4.79 Å². The number of aromatic nitrogens is 3. The maximum Gasteiger partial charge on any atom is 0.240 e. The summed E-state index contributed by atoms with van der Waals surface area (Å²) in [6, 6.07) is 16.6. The molecule has 4 aromatic rings. The molecule has 0 spiro atoms. The number of carbonyl (C=O) groups is 1. The summed E-state index contributed by atoms with van der Waals surface area (Å²) in [7, 11) is 0. The molecular formula is C24H25N5O2. The Bertz CT molecular complexity index is 1240. The highest BCUT2D eigenvalue weighted by molar-refractivity contribution is 5.95. The Balaban J connectivity index is 1.63. The predicted molar refractivity (Wildman–Crippen MR) is 122 cm³/mol. The molecule has 31 heavy (non-hydrogen) atoms. The number of nitrogens with one attached hydrogen (secondary N) is 2. The molecule has 0 aliphatic rings. The third-order valence-electron chi connectivity index (χ3n) is 4.68. The normalized spacial score (nSPS) is 11.5. The van der Waals surface area contributed by atoms with Crippen molar-refractivity contribution in [3.8, 4) is 17.0 Å². The van der Waals surface area contributed by atoms with Crippen LogP contribution in [0, 0.1) is 0 Å². The number of hydrogen-bond donors (Lipinski definition) is 3. The molecule has 0 unspecified atom stereocenters. The van der Waals surface area contributed by atoms with E-state index in [4.69, 9.17) is 0 Å². The molecule has 2 aromatic heterocycles. The van der Waals surface area contributed by atoms with Gasteiger partial charge in [-0.25, -0.2) is 9.97 Å². The summed E-state index contributed by atoms with van der Waals surface area (Å²) in [6.45, 7) is 6.15. The number of amides is 1. The van der Waals surface area contributed by atoms with Crippen LogP contribution in [0.15, 0.2) is 67.0 Å². The summed E-state index contributed by atoms with van der Waals surface area (Å²) >= 11 is 0. The van der Waals surface area contributed by atoms with Crippen molar-refractivity contribution in [1.82, 2.24) is 19.9 Å². The first kappa shape index (κ1) is 20.4. The number of phenols is 1. The first-order chi connectivity index (χ1) is 14.8. The summed E-state index contributed by atoms with van der Waals surface area (Å²) in [4.78, 5) is 21.3. The third kappa shape index (κ3) is 4.83. The van der Waals surface area contributed by atoms with Crippen molar-refractivity contribution in [1.29, 1.82) is 0 Å². The Hall–Kier alpha value is -3.87. The molecule has 0 bridgehead atoms. The van der Waals surface area contributed by atoms with Gasteiger partial charge in [-0.15, -0.1) is 0 Å². The number of aromatic hydroxyl groups is 1. The fraction of sp³-hybridized carbons (Fsp3) is 0.208. The van der Waals surface area contributed by atoms with Gasteiger partial charge in [0.1, 0.15) is 12.3 Å². The average molecular weight is 415 g/mol. The van der Waals surface area contributed by atoms with Crippen molar-refractivity contribution in [2.45, 2.75) is 32.9 Å². The average Bonchev–Trinajstić information content (AvgIpc) is 3.09. The van der Waals surface area contributed by atoms with Crippen molar-refractivity contribution in [3.63, 3.8) is 0 Å². The van der Waals surface area contributed by atoms with Crippen LogP contribution in [-0.2, 0) is 11.3 Å². The number of carbonyl (C=O) groups excluding carboxylic acids is 1. The Labute approximate surface area is 180 Å². The van der Waals surface area contributed by atoms with Crippen LogP contribution in [0.25, 0.3) is 22.2 Å². The molecule has 1 amide bonds. The van der Waals surface area contributed by atoms with Crippen molar-refractivity contribution in [2.24, 2.45) is 0 Å². The zero-order valence-electron chi connectivity index (χ0n) is 17.8. The van der Waals surface area contributed by atoms with Gasteiger partial charge < -0.3 is 20.3 Å². The SMILES string of the molecule is CC(C)(C)NC(=O)Cn1ccc2c(-c3ccnc(Nc4cccc(O)c4)n3)cccc21. The third-order valence-corrected chi connectivity index (χ3v) is 4.68. The molecule has 0 aliphatic carbocycles. The number of anilines is 2. The van der Waals surface area contributed by atoms with E-state index in [1.807, 2.05) is 67.9 Å². The van der Waals surface area contributed by atoms with E-state index in [1.165, 1.54) is 0 Å². The maximum atomic E-state index is 12.4. The van der Waals surface area contributed by atoms with Gasteiger partial charge in [0.05, 0.1) is 5.69 Å². The first-order valence-corrected chi connectivity index (χ1v) is 10.1. The molecule has 0 aliphatic heterocycles. The second kappa shape index (κ2) is 8.10. The van der Waals surface area contributed by atoms with Crippen molar-refractivity contribution in [2.75, 3.05) is 5.32 Å². The number of benzene rings is 2. The highest BCUT2D eigenvalue weighted by atomic mass is 16.3. The standard InChI is InChI=1S/C24H25N5O2/c1-24(2,3)28-22(31)15-29-13-11-19-18(8-5-9-21(19)29)20-10-12-25-23(27-20)26-16-6-4-7-17(30)14-16/h4-14,30H,15H2,1-3H3,(H,28,31)(H,25,26,27). The van der Waals surface area contributed by atoms with Gasteiger partial charge in [-0.05, 0) is 51.1 Å². The molecule has 2 aromatic carbocycles. The summed E-state index contributed by atoms with van der Waals surface area (Å²) in [5.74, 6) is 0.571. The zero-order valence-corrected chi connectivity index (χ0v) is 17.8. The lowest BCUT2D eigenvalue weighted by Gasteiger charge is -2.20. The van der Waals surface area contributed by atoms with Gasteiger partial charge in [0.2, 0.25) is 11.9 Å². The minimum atomic E-state index is -0.273. The van der Waals surface area contributed by atoms with Gasteiger partial charge in [0.15, 0.2) is 0 Å². The molecule has 7 nitrogen and oxygen atoms in total. The molecule has 3 N–H and O–H groups in total. The van der Waals surface area contributed by atoms with Crippen LogP contribution in [0.1, 0.15) is 20.8 Å². The lowest BCUT2D eigenvalue weighted by atomic mass is 10.1. The number of hydrogen-bond acceptors (Lipinski definition) is 5. The Morgan fingerprint density at radius 3 is 2.68 bits per heavy atom. The van der Waals surface area contributed by atoms with Crippen molar-refractivity contribution < 1.29 is 9.90 Å². The van der Waals surface area contributed by atoms with Gasteiger partial charge in [-0.1, -0.05) is 18.2 Å². The smallest absolute Gasteiger partial charge is 0.240 e. The van der Waals surface area contributed by atoms with E-state index < -0.39 is 0 Å². The van der Waals surface area contributed by atoms with E-state index >= 15 is 0 Å². The summed E-state index contributed by atoms with van der Waals surface area (Å²) in [6.07, 6.45) is 3.61. The summed E-state index contributed by atoms with van der Waals surface area (Å²) in [5, 5.41) is 16.8. The predicted octanol–water partition coefficient (Wildman–Crippen LogP) is 4.46. The molecule has 2 heterocycles. The number of phenolic OH excluding ortho intramolecular Hbond substituents is 1. The first-order valence-electron chi connectivity index (χ1n) is 10.1. The molecule has 0 radical (unpaired) electrons. The van der Waals surface area contributed by atoms with Crippen LogP contribution < -0.4 is 10.6 Å². The fourth-order valence-electron chi connectivity index (χ4n) is 3.48. The lowest BCUT2D eigenvalue weighted by molar-refractivity contribution is -0.123. The summed E-state index contributed by atoms with van der Waals surface area (Å²) in [5.41, 5.74) is 3.11. The number of rotatable bonds is 5. The Morgan fingerprint density at radius 2 is 1.90 bits per heavy atom. The minimum Gasteiger partial charge on any atom is -0.508 e. The molecule has 0 fully saturated rings. The van der Waals surface area contributed by atoms with Crippen molar-refractivity contribution in [3.05, 3.63) is 67.0 Å². The summed E-state index contributed by atoms with van der Waals surface area (Å²) < 4.78 is 1.94. The lowest BCUT2D eigenvalue weighted by Crippen LogP contribution is -2.42. The molecule has 158 valence electrons. The van der Waals surface area contributed by atoms with E-state index in [0.717, 1.165) is 22.2 Å². The highest BCUT2D eigenvalue weighted by Gasteiger charge is 2.16. The van der Waals surface area contributed by atoms with Gasteiger partial charge in [0, 0.05) is 46.2 Å². The van der Waals surface area contributed by atoms with E-state index in [0.29, 0.717) is 11.6 Å². The van der Waals surface area contributed by atoms with Crippen LogP contribution in [0.4, 0.5) is 11.6 Å². The maximum absolute atomic E-state index is 12.4. The second-order valence-electron chi connectivity index (χ2n) is 8.42. The van der Waals surface area contributed by atoms with Crippen LogP contribution in [0.3, 0.4) is 0 Å².